The minimum absolute atomic E-state index is 0.122. The van der Waals surface area contributed by atoms with Crippen molar-refractivity contribution in [3.8, 4) is 0 Å². The van der Waals surface area contributed by atoms with Crippen molar-refractivity contribution in [2.45, 2.75) is 258 Å². The summed E-state index contributed by atoms with van der Waals surface area (Å²) in [6.45, 7) is 10.5. The lowest BCUT2D eigenvalue weighted by Crippen LogP contribution is -2.68. The Hall–Kier alpha value is -2.60. The Labute approximate surface area is 559 Å². The molecule has 0 radical (unpaired) electrons. The Morgan fingerprint density at radius 3 is 1.72 bits per heavy atom. The molecule has 37 heteroatoms. The second-order valence-corrected chi connectivity index (χ2v) is 30.9. The maximum Gasteiger partial charge on any atom is 0.397 e. The predicted octanol–water partition coefficient (Wildman–Crippen LogP) is -4.79. The van der Waals surface area contributed by atoms with Gasteiger partial charge in [0.15, 0.2) is 37.2 Å². The van der Waals surface area contributed by atoms with Crippen LogP contribution in [0.2, 0.25) is 0 Å². The van der Waals surface area contributed by atoms with Crippen molar-refractivity contribution in [1.82, 2.24) is 0 Å². The molecule has 15 N–H and O–H groups in total. The van der Waals surface area contributed by atoms with E-state index in [0.29, 0.717) is 44.1 Å². The van der Waals surface area contributed by atoms with Gasteiger partial charge in [0.1, 0.15) is 127 Å². The lowest BCUT2D eigenvalue weighted by Gasteiger charge is -2.64. The number of methoxy groups -OCH3 is 1. The minimum atomic E-state index is -5.26. The highest BCUT2D eigenvalue weighted by molar-refractivity contribution is 7.81. The second kappa shape index (κ2) is 28.8. The standard InChI is InChI=1S/C60H94O35S2/c1-23(2)26(63)11-16-59(7)33-12-15-58(6)24-9-10-32-56(3,4)35(13-14-57(32,5)25(24)17-34(64)60(33,58)55(75)95-59)91-54-49(39(68)29(20-83-54)88-50-42(71)40(69)36(65)30(89-50)21-84-96(76,77)78)94-51-43(72)41(70)46(28(19-62)87-51)92-53-45(74)48(38(67)31(90-53)22-85-97(79,80)81)93-52-44(73)47(82-8)37(66)27(18-61)86-52/h17,24,27-54,61-62,64-74H,1,9-16,18-22H2,2-8H3,(H,76,77,78)(H,79,80,81)/t24-,27-,28-,29-,30-,31-,32+,33-,34+,35?,36-,37-,38-,39+,40+,41-,42-,43-,44-,45-,46-,47+,48+,49-,50-,51+,52+,53+,54+,57-,58+,59+,60+/m1/s1. The van der Waals surface area contributed by atoms with Crippen molar-refractivity contribution in [2.24, 2.45) is 39.4 Å². The zero-order chi connectivity index (χ0) is 71.4. The van der Waals surface area contributed by atoms with Gasteiger partial charge in [0.2, 0.25) is 0 Å². The van der Waals surface area contributed by atoms with Gasteiger partial charge in [-0.25, -0.2) is 8.37 Å². The van der Waals surface area contributed by atoms with Crippen molar-refractivity contribution in [1.29, 1.82) is 0 Å². The van der Waals surface area contributed by atoms with Gasteiger partial charge in [-0.3, -0.25) is 18.7 Å². The van der Waals surface area contributed by atoms with Crippen molar-refractivity contribution < 1.29 is 167 Å². The number of fused-ring (bicyclic) bond motifs is 4. The second-order valence-electron chi connectivity index (χ2n) is 28.7. The molecule has 556 valence electrons. The average Bonchev–Trinajstić information content (AvgIpc) is 1.53. The summed E-state index contributed by atoms with van der Waals surface area (Å²) in [7, 11) is -9.31. The number of hydrogen-bond acceptors (Lipinski definition) is 33. The molecular weight excluding hydrogens is 1340 g/mol. The van der Waals surface area contributed by atoms with Gasteiger partial charge >= 0.3 is 26.8 Å². The quantitative estimate of drug-likeness (QED) is 0.0150. The first-order valence-electron chi connectivity index (χ1n) is 32.3. The molecule has 4 aliphatic carbocycles. The molecule has 0 aromatic rings. The van der Waals surface area contributed by atoms with Crippen LogP contribution in [-0.2, 0) is 95.6 Å². The molecule has 35 nitrogen and oxygen atoms in total. The first-order chi connectivity index (χ1) is 45.2. The molecular formula is C60H94O35S2. The van der Waals surface area contributed by atoms with E-state index >= 15 is 0 Å². The monoisotopic (exact) mass is 1440 g/mol. The van der Waals surface area contributed by atoms with Crippen LogP contribution in [0.4, 0.5) is 0 Å². The van der Waals surface area contributed by atoms with Crippen molar-refractivity contribution >= 4 is 32.6 Å². The Balaban J connectivity index is 0.903. The van der Waals surface area contributed by atoms with Gasteiger partial charge in [0, 0.05) is 19.4 Å². The molecule has 3 saturated carbocycles. The fourth-order valence-corrected chi connectivity index (χ4v) is 18.3. The number of carbonyl (C=O) groups excluding carboxylic acids is 2. The number of allylic oxidation sites excluding steroid dienone is 2. The van der Waals surface area contributed by atoms with Crippen LogP contribution >= 0.6 is 0 Å². The van der Waals surface area contributed by atoms with E-state index in [2.05, 4.69) is 28.8 Å². The van der Waals surface area contributed by atoms with Gasteiger partial charge in [0.05, 0.1) is 45.2 Å². The number of rotatable bonds is 23. The number of aliphatic hydroxyl groups is 13. The number of Topliss-reactive ketones (excluding diaryl/α,β-unsaturated/α-hetero) is 1. The third-order valence-electron chi connectivity index (χ3n) is 22.8. The van der Waals surface area contributed by atoms with Gasteiger partial charge in [0.25, 0.3) is 0 Å². The van der Waals surface area contributed by atoms with Gasteiger partial charge in [-0.05, 0) is 92.4 Å². The lowest BCUT2D eigenvalue weighted by atomic mass is 9.40. The molecule has 6 heterocycles. The summed E-state index contributed by atoms with van der Waals surface area (Å²) in [4.78, 5) is 27.4. The number of cyclic esters (lactones) is 1. The molecule has 6 aliphatic heterocycles. The predicted molar refractivity (Wildman–Crippen MR) is 317 cm³/mol. The minimum Gasteiger partial charge on any atom is -0.458 e. The molecule has 0 amide bonds. The SMILES string of the molecule is C=C(C)C(=O)CC[C@]1(C)OC(=O)[C@]23[C@@H](O)C=C4[C@@H](CC[C@H]5C(C)(C)C(O[C@@H]6OC[C@@H](O[C@@H]7O[C@H](COS(=O)(=O)O)[C@@H](O)[C@H](O)[C@H]7O)[C@H](O)[C@H]6O[C@@H]6O[C@H](CO)[C@@H](O[C@@H]7O[C@H](COS(=O)(=O)O)[C@@H](O)[C@H](O[C@@H]8O[C@H](CO)[C@@H](O)[C@H](OC)[C@H]8O)[C@H]7O)[C@H](O)[C@H]6O)CC[C@]45C)[C@]2(C)CC[C@@H]31. The van der Waals surface area contributed by atoms with E-state index in [1.54, 1.807) is 6.92 Å². The molecule has 0 bridgehead atoms. The number of ether oxygens (including phenoxy) is 12. The molecule has 0 aromatic heterocycles. The summed E-state index contributed by atoms with van der Waals surface area (Å²) >= 11 is 0. The molecule has 97 heavy (non-hydrogen) atoms. The topological polar surface area (TPSA) is 535 Å². The van der Waals surface area contributed by atoms with Crippen LogP contribution in [0.5, 0.6) is 0 Å². The van der Waals surface area contributed by atoms with Crippen LogP contribution in [0.15, 0.2) is 23.8 Å². The maximum atomic E-state index is 14.6. The molecule has 0 aromatic carbocycles. The number of esters is 1. The van der Waals surface area contributed by atoms with E-state index in [0.717, 1.165) is 12.7 Å². The molecule has 9 fully saturated rings. The third kappa shape index (κ3) is 14.1. The molecule has 1 unspecified atom stereocenters. The fraction of sp³-hybridized carbons (Fsp3) is 0.900. The lowest BCUT2D eigenvalue weighted by molar-refractivity contribution is -0.396. The average molecular weight is 1440 g/mol. The van der Waals surface area contributed by atoms with Crippen molar-refractivity contribution in [2.75, 3.05) is 40.1 Å². The fourth-order valence-electron chi connectivity index (χ4n) is 17.7. The smallest absolute Gasteiger partial charge is 0.397 e. The Morgan fingerprint density at radius 2 is 1.12 bits per heavy atom. The van der Waals surface area contributed by atoms with Crippen LogP contribution in [0.3, 0.4) is 0 Å². The highest BCUT2D eigenvalue weighted by atomic mass is 32.3. The van der Waals surface area contributed by atoms with E-state index in [4.69, 9.17) is 56.8 Å². The van der Waals surface area contributed by atoms with Gasteiger partial charge in [-0.15, -0.1) is 0 Å². The molecule has 6 saturated heterocycles. The van der Waals surface area contributed by atoms with Gasteiger partial charge < -0.3 is 123 Å². The Bertz CT molecular complexity index is 3090. The van der Waals surface area contributed by atoms with E-state index in [9.17, 15) is 102 Å². The summed E-state index contributed by atoms with van der Waals surface area (Å²) in [6.07, 6.45) is -43.7. The summed E-state index contributed by atoms with van der Waals surface area (Å²) in [5, 5.41) is 147. The summed E-state index contributed by atoms with van der Waals surface area (Å²) in [6, 6.07) is 0. The largest absolute Gasteiger partial charge is 0.458 e. The molecule has 10 aliphatic rings. The van der Waals surface area contributed by atoms with E-state index in [1.165, 1.54) is 0 Å². The van der Waals surface area contributed by atoms with Crippen molar-refractivity contribution in [3.05, 3.63) is 23.8 Å². The highest BCUT2D eigenvalue weighted by Crippen LogP contribution is 2.76. The molecule has 1 spiro atoms. The van der Waals surface area contributed by atoms with E-state index in [1.807, 2.05) is 26.8 Å². The summed E-state index contributed by atoms with van der Waals surface area (Å²) in [5.74, 6) is -1.39. The van der Waals surface area contributed by atoms with E-state index < -0.39 is 253 Å². The normalized spacial score (nSPS) is 49.2. The number of aliphatic hydroxyl groups excluding tert-OH is 13. The van der Waals surface area contributed by atoms with Crippen LogP contribution in [-0.4, -0.2) is 309 Å². The number of carbonyl (C=O) groups is 2. The van der Waals surface area contributed by atoms with Gasteiger partial charge in [-0.2, -0.15) is 16.8 Å². The Morgan fingerprint density at radius 1 is 0.588 bits per heavy atom. The number of hydrogen-bond donors (Lipinski definition) is 15. The molecule has 33 atom stereocenters. The first-order valence-corrected chi connectivity index (χ1v) is 35.1. The van der Waals surface area contributed by atoms with Crippen LogP contribution in [0.25, 0.3) is 0 Å². The van der Waals surface area contributed by atoms with Crippen molar-refractivity contribution in [3.63, 3.8) is 0 Å². The van der Waals surface area contributed by atoms with Crippen LogP contribution < -0.4 is 0 Å². The summed E-state index contributed by atoms with van der Waals surface area (Å²) < 4.78 is 145. The number of ketones is 1. The first kappa shape index (κ1) is 77.0. The molecule has 10 rings (SSSR count). The third-order valence-corrected chi connectivity index (χ3v) is 23.7. The van der Waals surface area contributed by atoms with Crippen LogP contribution in [0.1, 0.15) is 92.9 Å². The zero-order valence-corrected chi connectivity index (χ0v) is 56.0. The zero-order valence-electron chi connectivity index (χ0n) is 54.4. The maximum absolute atomic E-state index is 14.6. The highest BCUT2D eigenvalue weighted by Gasteiger charge is 2.79. The Kier molecular flexibility index (Phi) is 22.9. The van der Waals surface area contributed by atoms with E-state index in [-0.39, 0.29) is 30.5 Å². The van der Waals surface area contributed by atoms with Gasteiger partial charge in [-0.1, -0.05) is 45.9 Å². The van der Waals surface area contributed by atoms with Crippen LogP contribution in [0, 0.1) is 39.4 Å². The summed E-state index contributed by atoms with van der Waals surface area (Å²) in [5.41, 5.74) is -3.09.